The van der Waals surface area contributed by atoms with Gasteiger partial charge in [-0.2, -0.15) is 18.2 Å². The van der Waals surface area contributed by atoms with Crippen LogP contribution in [0.5, 0.6) is 0 Å². The minimum Gasteiger partial charge on any atom is -0.367 e. The van der Waals surface area contributed by atoms with Crippen molar-refractivity contribution in [2.24, 2.45) is 11.5 Å². The van der Waals surface area contributed by atoms with Crippen LogP contribution >= 0.6 is 0 Å². The van der Waals surface area contributed by atoms with Gasteiger partial charge >= 0.3 is 6.18 Å². The highest BCUT2D eigenvalue weighted by molar-refractivity contribution is 5.93. The third-order valence-electron chi connectivity index (χ3n) is 4.63. The standard InChI is InChI=1S/C18H21F3N6O/c19-18(20,21)14-9-24-17(26-13-5-1-10(2-6-13)15(23)28)27-16(14)25-12-7-3-11(22)4-8-12/h1-2,5-6,9,11-12H,3-4,7-8,22H2,(H2,23,28)(H2,24,25,26,27). The zero-order valence-electron chi connectivity index (χ0n) is 15.0. The van der Waals surface area contributed by atoms with E-state index >= 15 is 0 Å². The number of carbonyl (C=O) groups excluding carboxylic acids is 1. The molecule has 0 bridgehead atoms. The Hall–Kier alpha value is -2.88. The van der Waals surface area contributed by atoms with Gasteiger partial charge in [-0.15, -0.1) is 0 Å². The summed E-state index contributed by atoms with van der Waals surface area (Å²) >= 11 is 0. The van der Waals surface area contributed by atoms with Gasteiger partial charge in [0.1, 0.15) is 11.4 Å². The highest BCUT2D eigenvalue weighted by atomic mass is 19.4. The minimum absolute atomic E-state index is 0.00911. The molecule has 2 aromatic rings. The molecule has 10 heteroatoms. The number of primary amides is 1. The van der Waals surface area contributed by atoms with Gasteiger partial charge in [-0.3, -0.25) is 4.79 Å². The van der Waals surface area contributed by atoms with E-state index in [1.807, 2.05) is 0 Å². The zero-order valence-corrected chi connectivity index (χ0v) is 15.0. The lowest BCUT2D eigenvalue weighted by atomic mass is 9.92. The number of rotatable bonds is 5. The molecule has 1 heterocycles. The molecule has 1 aliphatic carbocycles. The first-order chi connectivity index (χ1) is 13.2. The van der Waals surface area contributed by atoms with Gasteiger partial charge in [-0.05, 0) is 49.9 Å². The molecule has 1 fully saturated rings. The maximum atomic E-state index is 13.3. The summed E-state index contributed by atoms with van der Waals surface area (Å²) in [6.45, 7) is 0. The molecule has 1 saturated carbocycles. The van der Waals surface area contributed by atoms with Gasteiger partial charge in [0.25, 0.3) is 0 Å². The number of hydrogen-bond donors (Lipinski definition) is 4. The summed E-state index contributed by atoms with van der Waals surface area (Å²) in [6.07, 6.45) is -0.957. The van der Waals surface area contributed by atoms with Crippen molar-refractivity contribution in [1.29, 1.82) is 0 Å². The number of nitrogens with zero attached hydrogens (tertiary/aromatic N) is 2. The van der Waals surface area contributed by atoms with Crippen LogP contribution < -0.4 is 22.1 Å². The molecule has 1 amide bonds. The molecular weight excluding hydrogens is 373 g/mol. The molecule has 0 spiro atoms. The molecule has 0 saturated heterocycles. The van der Waals surface area contributed by atoms with E-state index in [0.717, 1.165) is 19.0 Å². The molecule has 150 valence electrons. The number of carbonyl (C=O) groups is 1. The lowest BCUT2D eigenvalue weighted by molar-refractivity contribution is -0.137. The van der Waals surface area contributed by atoms with Crippen LogP contribution in [0.3, 0.4) is 0 Å². The number of alkyl halides is 3. The van der Waals surface area contributed by atoms with Crippen molar-refractivity contribution in [3.05, 3.63) is 41.6 Å². The third kappa shape index (κ3) is 4.89. The first-order valence-corrected chi connectivity index (χ1v) is 8.85. The highest BCUT2D eigenvalue weighted by Gasteiger charge is 2.36. The monoisotopic (exact) mass is 394 g/mol. The number of halogens is 3. The summed E-state index contributed by atoms with van der Waals surface area (Å²) in [4.78, 5) is 18.9. The second kappa shape index (κ2) is 8.01. The fourth-order valence-electron chi connectivity index (χ4n) is 3.06. The second-order valence-corrected chi connectivity index (χ2v) is 6.78. The molecule has 0 atom stereocenters. The van der Waals surface area contributed by atoms with Crippen molar-refractivity contribution in [2.75, 3.05) is 10.6 Å². The van der Waals surface area contributed by atoms with E-state index in [-0.39, 0.29) is 23.8 Å². The SMILES string of the molecule is NC(=O)c1ccc(Nc2ncc(C(F)(F)F)c(NC3CCC(N)CC3)n2)cc1. The minimum atomic E-state index is -4.57. The Bertz CT molecular complexity index is 832. The summed E-state index contributed by atoms with van der Waals surface area (Å²) in [5.74, 6) is -0.829. The van der Waals surface area contributed by atoms with Gasteiger partial charge < -0.3 is 22.1 Å². The molecule has 7 nitrogen and oxygen atoms in total. The maximum absolute atomic E-state index is 13.3. The van der Waals surface area contributed by atoms with Crippen LogP contribution in [0, 0.1) is 0 Å². The number of anilines is 3. The Morgan fingerprint density at radius 2 is 1.75 bits per heavy atom. The molecule has 28 heavy (non-hydrogen) atoms. The number of nitrogens with two attached hydrogens (primary N) is 2. The van der Waals surface area contributed by atoms with Crippen LogP contribution in [0.25, 0.3) is 0 Å². The van der Waals surface area contributed by atoms with Crippen molar-refractivity contribution >= 4 is 23.4 Å². The van der Waals surface area contributed by atoms with Crippen molar-refractivity contribution in [1.82, 2.24) is 9.97 Å². The van der Waals surface area contributed by atoms with Crippen molar-refractivity contribution < 1.29 is 18.0 Å². The van der Waals surface area contributed by atoms with Gasteiger partial charge in [0.2, 0.25) is 11.9 Å². The predicted octanol–water partition coefficient (Wildman–Crippen LogP) is 3.02. The molecule has 3 rings (SSSR count). The van der Waals surface area contributed by atoms with Crippen LogP contribution in [0.2, 0.25) is 0 Å². The largest absolute Gasteiger partial charge is 0.421 e. The van der Waals surface area contributed by atoms with E-state index in [4.69, 9.17) is 11.5 Å². The summed E-state index contributed by atoms with van der Waals surface area (Å²) in [5.41, 5.74) is 11.0. The average Bonchev–Trinajstić information content (AvgIpc) is 2.63. The summed E-state index contributed by atoms with van der Waals surface area (Å²) in [5, 5.41) is 5.73. The van der Waals surface area contributed by atoms with Crippen LogP contribution in [0.15, 0.2) is 30.5 Å². The molecule has 1 aromatic carbocycles. The number of benzene rings is 1. The zero-order chi connectivity index (χ0) is 20.3. The third-order valence-corrected chi connectivity index (χ3v) is 4.63. The molecule has 0 unspecified atom stereocenters. The first kappa shape index (κ1) is 19.9. The van der Waals surface area contributed by atoms with E-state index in [0.29, 0.717) is 24.1 Å². The molecule has 0 radical (unpaired) electrons. The highest BCUT2D eigenvalue weighted by Crippen LogP contribution is 2.35. The molecule has 1 aromatic heterocycles. The summed E-state index contributed by atoms with van der Waals surface area (Å²) in [6, 6.07) is 6.09. The van der Waals surface area contributed by atoms with Gasteiger partial charge in [0.05, 0.1) is 0 Å². The van der Waals surface area contributed by atoms with E-state index in [9.17, 15) is 18.0 Å². The Balaban J connectivity index is 1.81. The lowest BCUT2D eigenvalue weighted by Gasteiger charge is -2.28. The van der Waals surface area contributed by atoms with Crippen LogP contribution in [0.1, 0.15) is 41.6 Å². The Kier molecular flexibility index (Phi) is 5.68. The molecule has 1 aliphatic rings. The summed E-state index contributed by atoms with van der Waals surface area (Å²) < 4.78 is 40.0. The fourth-order valence-corrected chi connectivity index (χ4v) is 3.06. The van der Waals surface area contributed by atoms with Gasteiger partial charge in [-0.1, -0.05) is 0 Å². The van der Waals surface area contributed by atoms with Gasteiger partial charge in [0, 0.05) is 29.5 Å². The molecular formula is C18H21F3N6O. The smallest absolute Gasteiger partial charge is 0.367 e. The van der Waals surface area contributed by atoms with E-state index < -0.39 is 17.6 Å². The van der Waals surface area contributed by atoms with Gasteiger partial charge in [0.15, 0.2) is 0 Å². The fraction of sp³-hybridized carbons (Fsp3) is 0.389. The maximum Gasteiger partial charge on any atom is 0.421 e. The molecule has 6 N–H and O–H groups in total. The quantitative estimate of drug-likeness (QED) is 0.619. The van der Waals surface area contributed by atoms with E-state index in [1.54, 1.807) is 12.1 Å². The van der Waals surface area contributed by atoms with Crippen LogP contribution in [0.4, 0.5) is 30.6 Å². The van der Waals surface area contributed by atoms with Crippen LogP contribution in [-0.2, 0) is 6.18 Å². The normalized spacial score (nSPS) is 19.9. The molecule has 0 aliphatic heterocycles. The Morgan fingerprint density at radius 3 is 2.32 bits per heavy atom. The number of nitrogens with one attached hydrogen (secondary N) is 2. The number of aromatic nitrogens is 2. The topological polar surface area (TPSA) is 119 Å². The van der Waals surface area contributed by atoms with Crippen molar-refractivity contribution in [3.63, 3.8) is 0 Å². The van der Waals surface area contributed by atoms with Crippen molar-refractivity contribution in [3.8, 4) is 0 Å². The lowest BCUT2D eigenvalue weighted by Crippen LogP contribution is -2.33. The summed E-state index contributed by atoms with van der Waals surface area (Å²) in [7, 11) is 0. The number of amides is 1. The Morgan fingerprint density at radius 1 is 1.11 bits per heavy atom. The van der Waals surface area contributed by atoms with E-state index in [2.05, 4.69) is 20.6 Å². The van der Waals surface area contributed by atoms with E-state index in [1.165, 1.54) is 12.1 Å². The second-order valence-electron chi connectivity index (χ2n) is 6.78. The van der Waals surface area contributed by atoms with Crippen LogP contribution in [-0.4, -0.2) is 28.0 Å². The van der Waals surface area contributed by atoms with Crippen molar-refractivity contribution in [2.45, 2.75) is 43.9 Å². The number of hydrogen-bond acceptors (Lipinski definition) is 6. The first-order valence-electron chi connectivity index (χ1n) is 8.85. The average molecular weight is 394 g/mol. The predicted molar refractivity (Wildman–Crippen MR) is 99.1 cm³/mol. The Labute approximate surface area is 159 Å². The van der Waals surface area contributed by atoms with Gasteiger partial charge in [-0.25, -0.2) is 4.98 Å².